The molecule has 0 fully saturated rings. The van der Waals surface area contributed by atoms with Gasteiger partial charge < -0.3 is 15.6 Å². The number of pyridine rings is 2. The van der Waals surface area contributed by atoms with Crippen molar-refractivity contribution in [1.82, 2.24) is 25.4 Å². The van der Waals surface area contributed by atoms with E-state index in [0.717, 1.165) is 0 Å². The monoisotopic (exact) mass is 310 g/mol. The van der Waals surface area contributed by atoms with E-state index in [-0.39, 0.29) is 23.3 Å². The first-order valence-corrected chi connectivity index (χ1v) is 6.92. The molecule has 0 saturated carbocycles. The highest BCUT2D eigenvalue weighted by atomic mass is 16.5. The SMILES string of the molecule is CC(NC(=O)c1cccc(N)n1)c1nc(-c2ccccn2)no1. The Morgan fingerprint density at radius 1 is 1.22 bits per heavy atom. The van der Waals surface area contributed by atoms with E-state index in [1.807, 2.05) is 6.07 Å². The molecule has 0 radical (unpaired) electrons. The van der Waals surface area contributed by atoms with Crippen molar-refractivity contribution in [2.75, 3.05) is 5.73 Å². The van der Waals surface area contributed by atoms with E-state index in [2.05, 4.69) is 25.4 Å². The standard InChI is InChI=1S/C15H14N6O2/c1-9(18-14(22)11-6-4-7-12(16)19-11)15-20-13(21-23-15)10-5-2-3-8-17-10/h2-9H,1H3,(H2,16,19)(H,18,22). The average Bonchev–Trinajstić information content (AvgIpc) is 3.06. The first-order chi connectivity index (χ1) is 11.1. The number of carbonyl (C=O) groups excluding carboxylic acids is 1. The molecule has 23 heavy (non-hydrogen) atoms. The van der Waals surface area contributed by atoms with Crippen LogP contribution < -0.4 is 11.1 Å². The second-order valence-electron chi connectivity index (χ2n) is 4.81. The zero-order chi connectivity index (χ0) is 16.2. The highest BCUT2D eigenvalue weighted by Gasteiger charge is 2.19. The summed E-state index contributed by atoms with van der Waals surface area (Å²) in [6.07, 6.45) is 1.64. The largest absolute Gasteiger partial charge is 0.384 e. The Bertz CT molecular complexity index is 818. The second kappa shape index (κ2) is 6.22. The number of hydrogen-bond donors (Lipinski definition) is 2. The average molecular weight is 310 g/mol. The van der Waals surface area contributed by atoms with Gasteiger partial charge in [-0.2, -0.15) is 4.98 Å². The quantitative estimate of drug-likeness (QED) is 0.750. The second-order valence-corrected chi connectivity index (χ2v) is 4.81. The fourth-order valence-electron chi connectivity index (χ4n) is 1.92. The van der Waals surface area contributed by atoms with E-state index in [0.29, 0.717) is 11.5 Å². The van der Waals surface area contributed by atoms with Crippen molar-refractivity contribution >= 4 is 11.7 Å². The maximum absolute atomic E-state index is 12.1. The third kappa shape index (κ3) is 3.31. The van der Waals surface area contributed by atoms with Gasteiger partial charge in [-0.25, -0.2) is 4.98 Å². The normalized spacial score (nSPS) is 11.9. The molecule has 0 aliphatic rings. The number of carbonyl (C=O) groups is 1. The topological polar surface area (TPSA) is 120 Å². The van der Waals surface area contributed by atoms with E-state index in [4.69, 9.17) is 10.3 Å². The molecule has 8 heteroatoms. The molecule has 1 unspecified atom stereocenters. The van der Waals surface area contributed by atoms with Crippen LogP contribution in [0.5, 0.6) is 0 Å². The number of nitrogen functional groups attached to an aromatic ring is 1. The number of anilines is 1. The molecule has 8 nitrogen and oxygen atoms in total. The lowest BCUT2D eigenvalue weighted by Crippen LogP contribution is -2.27. The van der Waals surface area contributed by atoms with E-state index in [1.165, 1.54) is 0 Å². The number of aromatic nitrogens is 4. The van der Waals surface area contributed by atoms with E-state index in [9.17, 15) is 4.79 Å². The Balaban J connectivity index is 1.73. The Hall–Kier alpha value is -3.29. The smallest absolute Gasteiger partial charge is 0.270 e. The predicted octanol–water partition coefficient (Wildman–Crippen LogP) is 1.60. The van der Waals surface area contributed by atoms with E-state index >= 15 is 0 Å². The molecule has 3 rings (SSSR count). The van der Waals surface area contributed by atoms with Gasteiger partial charge in [0.05, 0.1) is 0 Å². The summed E-state index contributed by atoms with van der Waals surface area (Å²) in [5.74, 6) is 0.551. The maximum Gasteiger partial charge on any atom is 0.270 e. The summed E-state index contributed by atoms with van der Waals surface area (Å²) >= 11 is 0. The molecule has 1 atom stereocenters. The molecule has 0 bridgehead atoms. The van der Waals surface area contributed by atoms with Gasteiger partial charge >= 0.3 is 0 Å². The number of amides is 1. The van der Waals surface area contributed by atoms with Crippen LogP contribution in [0.1, 0.15) is 29.3 Å². The zero-order valence-electron chi connectivity index (χ0n) is 12.3. The van der Waals surface area contributed by atoms with Gasteiger partial charge in [0.25, 0.3) is 5.91 Å². The molecule has 116 valence electrons. The number of hydrogen-bond acceptors (Lipinski definition) is 7. The summed E-state index contributed by atoms with van der Waals surface area (Å²) in [6, 6.07) is 9.77. The Kier molecular flexibility index (Phi) is 3.96. The zero-order valence-corrected chi connectivity index (χ0v) is 12.3. The maximum atomic E-state index is 12.1. The number of nitrogens with zero attached hydrogens (tertiary/aromatic N) is 4. The third-order valence-electron chi connectivity index (χ3n) is 3.06. The predicted molar refractivity (Wildman–Crippen MR) is 82.1 cm³/mol. The molecule has 3 aromatic rings. The van der Waals surface area contributed by atoms with Gasteiger partial charge in [-0.3, -0.25) is 9.78 Å². The van der Waals surface area contributed by atoms with Crippen molar-refractivity contribution in [1.29, 1.82) is 0 Å². The van der Waals surface area contributed by atoms with Gasteiger partial charge in [-0.1, -0.05) is 17.3 Å². The Morgan fingerprint density at radius 3 is 2.83 bits per heavy atom. The lowest BCUT2D eigenvalue weighted by molar-refractivity contribution is 0.0927. The minimum absolute atomic E-state index is 0.223. The summed E-state index contributed by atoms with van der Waals surface area (Å²) < 4.78 is 5.18. The molecule has 0 aromatic carbocycles. The lowest BCUT2D eigenvalue weighted by atomic mass is 10.3. The molecular weight excluding hydrogens is 296 g/mol. The summed E-state index contributed by atoms with van der Waals surface area (Å²) in [6.45, 7) is 1.74. The first-order valence-electron chi connectivity index (χ1n) is 6.92. The van der Waals surface area contributed by atoms with Crippen molar-refractivity contribution < 1.29 is 9.32 Å². The molecule has 0 aliphatic carbocycles. The van der Waals surface area contributed by atoms with Crippen molar-refractivity contribution in [3.05, 3.63) is 54.2 Å². The number of nitrogens with two attached hydrogens (primary N) is 1. The molecular formula is C15H14N6O2. The van der Waals surface area contributed by atoms with Crippen LogP contribution in [0.4, 0.5) is 5.82 Å². The van der Waals surface area contributed by atoms with Crippen molar-refractivity contribution in [2.24, 2.45) is 0 Å². The van der Waals surface area contributed by atoms with Crippen LogP contribution in [0.15, 0.2) is 47.1 Å². The van der Waals surface area contributed by atoms with Crippen molar-refractivity contribution in [3.8, 4) is 11.5 Å². The molecule has 3 heterocycles. The minimum atomic E-state index is -0.476. The third-order valence-corrected chi connectivity index (χ3v) is 3.06. The van der Waals surface area contributed by atoms with Crippen LogP contribution in [0.2, 0.25) is 0 Å². The first kappa shape index (κ1) is 14.6. The van der Waals surface area contributed by atoms with Gasteiger partial charge in [0.1, 0.15) is 23.2 Å². The summed E-state index contributed by atoms with van der Waals surface area (Å²) in [7, 11) is 0. The lowest BCUT2D eigenvalue weighted by Gasteiger charge is -2.09. The van der Waals surface area contributed by atoms with Crippen LogP contribution in [-0.2, 0) is 0 Å². The molecule has 3 N–H and O–H groups in total. The highest BCUT2D eigenvalue weighted by Crippen LogP contribution is 2.16. The van der Waals surface area contributed by atoms with Crippen LogP contribution in [-0.4, -0.2) is 26.0 Å². The van der Waals surface area contributed by atoms with E-state index in [1.54, 1.807) is 43.5 Å². The Labute approximate surface area is 131 Å². The molecule has 0 aliphatic heterocycles. The van der Waals surface area contributed by atoms with Gasteiger partial charge in [0, 0.05) is 6.20 Å². The summed E-state index contributed by atoms with van der Waals surface area (Å²) in [5, 5.41) is 6.60. The number of nitrogens with one attached hydrogen (secondary N) is 1. The van der Waals surface area contributed by atoms with Crippen LogP contribution >= 0.6 is 0 Å². The molecule has 0 spiro atoms. The summed E-state index contributed by atoms with van der Waals surface area (Å²) in [4.78, 5) is 24.5. The summed E-state index contributed by atoms with van der Waals surface area (Å²) in [5.41, 5.74) is 6.39. The van der Waals surface area contributed by atoms with Crippen LogP contribution in [0.25, 0.3) is 11.5 Å². The fourth-order valence-corrected chi connectivity index (χ4v) is 1.92. The molecule has 1 amide bonds. The molecule has 0 saturated heterocycles. The van der Waals surface area contributed by atoms with Gasteiger partial charge in [-0.15, -0.1) is 0 Å². The fraction of sp³-hybridized carbons (Fsp3) is 0.133. The van der Waals surface area contributed by atoms with Gasteiger partial charge in [-0.05, 0) is 31.2 Å². The highest BCUT2D eigenvalue weighted by molar-refractivity contribution is 5.92. The van der Waals surface area contributed by atoms with Crippen molar-refractivity contribution in [3.63, 3.8) is 0 Å². The van der Waals surface area contributed by atoms with E-state index < -0.39 is 6.04 Å². The van der Waals surface area contributed by atoms with Gasteiger partial charge in [0.2, 0.25) is 11.7 Å². The van der Waals surface area contributed by atoms with Crippen LogP contribution in [0.3, 0.4) is 0 Å². The number of rotatable bonds is 4. The molecule has 3 aromatic heterocycles. The van der Waals surface area contributed by atoms with Crippen molar-refractivity contribution in [2.45, 2.75) is 13.0 Å². The Morgan fingerprint density at radius 2 is 2.09 bits per heavy atom. The minimum Gasteiger partial charge on any atom is -0.384 e. The van der Waals surface area contributed by atoms with Gasteiger partial charge in [0.15, 0.2) is 0 Å². The van der Waals surface area contributed by atoms with Crippen LogP contribution in [0, 0.1) is 0 Å².